The van der Waals surface area contributed by atoms with Crippen LogP contribution in [0.15, 0.2) is 42.5 Å². The van der Waals surface area contributed by atoms with Crippen LogP contribution in [0.1, 0.15) is 21.6 Å². The molecule has 3 rings (SSSR count). The zero-order chi connectivity index (χ0) is 18.7. The molecule has 26 heavy (non-hydrogen) atoms. The molecule has 0 unspecified atom stereocenters. The first-order valence-corrected chi connectivity index (χ1v) is 8.69. The summed E-state index contributed by atoms with van der Waals surface area (Å²) in [6, 6.07) is 12.2. The van der Waals surface area contributed by atoms with Gasteiger partial charge in [0.05, 0.1) is 12.1 Å². The van der Waals surface area contributed by atoms with Gasteiger partial charge < -0.3 is 14.6 Å². The Morgan fingerprint density at radius 1 is 1.23 bits per heavy atom. The fraction of sp³-hybridized carbons (Fsp3) is 0.250. The summed E-state index contributed by atoms with van der Waals surface area (Å²) in [5.41, 5.74) is 2.30. The standard InChI is InChI=1S/C20H20ClFN2O2/c1-13-15-7-5-9-17(22)19(15)23-18(13)20(25)24(10-11-26-2)12-14-6-3-4-8-16(14)21/h3-9,23H,10-12H2,1-2H3. The van der Waals surface area contributed by atoms with Crippen molar-refractivity contribution in [2.24, 2.45) is 0 Å². The van der Waals surface area contributed by atoms with Crippen molar-refractivity contribution in [1.82, 2.24) is 9.88 Å². The van der Waals surface area contributed by atoms with Crippen LogP contribution in [0.4, 0.5) is 4.39 Å². The molecular weight excluding hydrogens is 355 g/mol. The molecule has 1 N–H and O–H groups in total. The van der Waals surface area contributed by atoms with E-state index in [4.69, 9.17) is 16.3 Å². The van der Waals surface area contributed by atoms with Gasteiger partial charge >= 0.3 is 0 Å². The van der Waals surface area contributed by atoms with Crippen molar-refractivity contribution in [3.63, 3.8) is 0 Å². The molecule has 0 aliphatic rings. The van der Waals surface area contributed by atoms with Crippen molar-refractivity contribution in [2.75, 3.05) is 20.3 Å². The lowest BCUT2D eigenvalue weighted by Gasteiger charge is -2.23. The summed E-state index contributed by atoms with van der Waals surface area (Å²) < 4.78 is 19.2. The van der Waals surface area contributed by atoms with Crippen LogP contribution in [0.2, 0.25) is 5.02 Å². The number of carbonyl (C=O) groups excluding carboxylic acids is 1. The number of nitrogens with zero attached hydrogens (tertiary/aromatic N) is 1. The van der Waals surface area contributed by atoms with E-state index in [9.17, 15) is 9.18 Å². The third-order valence-electron chi connectivity index (χ3n) is 4.43. The number of aromatic amines is 1. The Bertz CT molecular complexity index is 939. The maximum Gasteiger partial charge on any atom is 0.270 e. The maximum atomic E-state index is 14.1. The van der Waals surface area contributed by atoms with Crippen LogP contribution >= 0.6 is 11.6 Å². The van der Waals surface area contributed by atoms with Gasteiger partial charge in [-0.25, -0.2) is 4.39 Å². The number of H-pyrrole nitrogens is 1. The Morgan fingerprint density at radius 2 is 2.00 bits per heavy atom. The second kappa shape index (κ2) is 7.89. The topological polar surface area (TPSA) is 45.3 Å². The molecule has 0 aliphatic carbocycles. The Labute approximate surface area is 156 Å². The van der Waals surface area contributed by atoms with Gasteiger partial charge in [-0.05, 0) is 30.2 Å². The molecule has 1 amide bonds. The minimum atomic E-state index is -0.376. The third kappa shape index (κ3) is 3.59. The average Bonchev–Trinajstić information content (AvgIpc) is 2.98. The number of para-hydroxylation sites is 1. The lowest BCUT2D eigenvalue weighted by molar-refractivity contribution is 0.0675. The van der Waals surface area contributed by atoms with Gasteiger partial charge in [0.1, 0.15) is 11.5 Å². The SMILES string of the molecule is COCCN(Cc1ccccc1Cl)C(=O)c1[nH]c2c(F)cccc2c1C. The predicted octanol–water partition coefficient (Wildman–Crippen LogP) is 4.56. The van der Waals surface area contributed by atoms with Crippen molar-refractivity contribution >= 4 is 28.4 Å². The first kappa shape index (κ1) is 18.4. The molecule has 0 spiro atoms. The first-order chi connectivity index (χ1) is 12.5. The summed E-state index contributed by atoms with van der Waals surface area (Å²) in [6.07, 6.45) is 0. The quantitative estimate of drug-likeness (QED) is 0.687. The number of carbonyl (C=O) groups is 1. The van der Waals surface area contributed by atoms with Crippen molar-refractivity contribution in [3.05, 3.63) is 70.1 Å². The molecule has 2 aromatic carbocycles. The molecule has 0 fully saturated rings. The summed E-state index contributed by atoms with van der Waals surface area (Å²) in [4.78, 5) is 17.7. The average molecular weight is 375 g/mol. The Kier molecular flexibility index (Phi) is 5.59. The number of nitrogens with one attached hydrogen (secondary N) is 1. The highest BCUT2D eigenvalue weighted by Crippen LogP contribution is 2.26. The molecule has 136 valence electrons. The van der Waals surface area contributed by atoms with E-state index in [0.29, 0.717) is 41.3 Å². The molecule has 0 bridgehead atoms. The molecule has 1 aromatic heterocycles. The van der Waals surface area contributed by atoms with Gasteiger partial charge in [-0.1, -0.05) is 41.9 Å². The Hall–Kier alpha value is -2.37. The predicted molar refractivity (Wildman–Crippen MR) is 101 cm³/mol. The van der Waals surface area contributed by atoms with Crippen molar-refractivity contribution in [3.8, 4) is 0 Å². The van der Waals surface area contributed by atoms with E-state index in [1.165, 1.54) is 6.07 Å². The largest absolute Gasteiger partial charge is 0.383 e. The maximum absolute atomic E-state index is 14.1. The number of hydrogen-bond acceptors (Lipinski definition) is 2. The zero-order valence-corrected chi connectivity index (χ0v) is 15.4. The highest BCUT2D eigenvalue weighted by molar-refractivity contribution is 6.31. The summed E-state index contributed by atoms with van der Waals surface area (Å²) in [7, 11) is 1.59. The molecule has 6 heteroatoms. The monoisotopic (exact) mass is 374 g/mol. The number of hydrogen-bond donors (Lipinski definition) is 1. The normalized spacial score (nSPS) is 11.1. The summed E-state index contributed by atoms with van der Waals surface area (Å²) in [6.45, 7) is 2.95. The fourth-order valence-electron chi connectivity index (χ4n) is 2.98. The van der Waals surface area contributed by atoms with E-state index in [1.807, 2.05) is 25.1 Å². The van der Waals surface area contributed by atoms with Gasteiger partial charge in [0.2, 0.25) is 0 Å². The highest BCUT2D eigenvalue weighted by Gasteiger charge is 2.22. The summed E-state index contributed by atoms with van der Waals surface area (Å²) >= 11 is 6.24. The van der Waals surface area contributed by atoms with Gasteiger partial charge in [0.15, 0.2) is 0 Å². The second-order valence-corrected chi connectivity index (χ2v) is 6.51. The molecule has 0 saturated carbocycles. The Balaban J connectivity index is 1.96. The van der Waals surface area contributed by atoms with Gasteiger partial charge in [-0.15, -0.1) is 0 Å². The van der Waals surface area contributed by atoms with Gasteiger partial charge in [-0.3, -0.25) is 4.79 Å². The number of aryl methyl sites for hydroxylation is 1. The second-order valence-electron chi connectivity index (χ2n) is 6.10. The van der Waals surface area contributed by atoms with E-state index < -0.39 is 0 Å². The molecule has 0 aliphatic heterocycles. The number of halogens is 2. The molecular formula is C20H20ClFN2O2. The number of rotatable bonds is 6. The number of aromatic nitrogens is 1. The smallest absolute Gasteiger partial charge is 0.270 e. The molecule has 3 aromatic rings. The van der Waals surface area contributed by atoms with Gasteiger partial charge in [0, 0.05) is 30.6 Å². The van der Waals surface area contributed by atoms with E-state index in [2.05, 4.69) is 4.98 Å². The minimum Gasteiger partial charge on any atom is -0.383 e. The number of methoxy groups -OCH3 is 1. The Morgan fingerprint density at radius 3 is 2.69 bits per heavy atom. The number of amides is 1. The molecule has 0 saturated heterocycles. The third-order valence-corrected chi connectivity index (χ3v) is 4.80. The summed E-state index contributed by atoms with van der Waals surface area (Å²) in [5, 5.41) is 1.31. The fourth-order valence-corrected chi connectivity index (χ4v) is 3.17. The van der Waals surface area contributed by atoms with Crippen LogP contribution in [0.3, 0.4) is 0 Å². The van der Waals surface area contributed by atoms with Crippen LogP contribution in [-0.4, -0.2) is 36.1 Å². The number of benzene rings is 2. The highest BCUT2D eigenvalue weighted by atomic mass is 35.5. The van der Waals surface area contributed by atoms with Crippen LogP contribution in [-0.2, 0) is 11.3 Å². The molecule has 1 heterocycles. The number of fused-ring (bicyclic) bond motifs is 1. The van der Waals surface area contributed by atoms with E-state index in [0.717, 1.165) is 11.1 Å². The van der Waals surface area contributed by atoms with E-state index in [-0.39, 0.29) is 11.7 Å². The van der Waals surface area contributed by atoms with E-state index >= 15 is 0 Å². The van der Waals surface area contributed by atoms with Crippen LogP contribution in [0.25, 0.3) is 10.9 Å². The zero-order valence-electron chi connectivity index (χ0n) is 14.7. The first-order valence-electron chi connectivity index (χ1n) is 8.31. The van der Waals surface area contributed by atoms with Gasteiger partial charge in [0.25, 0.3) is 5.91 Å². The van der Waals surface area contributed by atoms with Crippen LogP contribution in [0, 0.1) is 12.7 Å². The molecule has 0 radical (unpaired) electrons. The van der Waals surface area contributed by atoms with Gasteiger partial charge in [-0.2, -0.15) is 0 Å². The molecule has 4 nitrogen and oxygen atoms in total. The van der Waals surface area contributed by atoms with E-state index in [1.54, 1.807) is 30.2 Å². The van der Waals surface area contributed by atoms with Crippen LogP contribution in [0.5, 0.6) is 0 Å². The van der Waals surface area contributed by atoms with Crippen LogP contribution < -0.4 is 0 Å². The van der Waals surface area contributed by atoms with Crippen molar-refractivity contribution in [2.45, 2.75) is 13.5 Å². The van der Waals surface area contributed by atoms with Crippen molar-refractivity contribution < 1.29 is 13.9 Å². The lowest BCUT2D eigenvalue weighted by atomic mass is 10.1. The lowest BCUT2D eigenvalue weighted by Crippen LogP contribution is -2.34. The molecule has 0 atom stereocenters. The van der Waals surface area contributed by atoms with Crippen molar-refractivity contribution in [1.29, 1.82) is 0 Å². The number of ether oxygens (including phenoxy) is 1. The summed E-state index contributed by atoms with van der Waals surface area (Å²) in [5.74, 6) is -0.589. The minimum absolute atomic E-state index is 0.213.